The standard InChI is InChI=1S/C24H32O5/c1-15-7-6-8-20-23(15,3)10-9-16(2)24(20,14-25)13-18-11-17(22(27)29-5)12-19(28-4)21(18)26/h11-12,14,16,20,26H,1,6-10,13H2,2-5H3. The maximum absolute atomic E-state index is 12.7. The molecule has 0 radical (unpaired) electrons. The first-order chi connectivity index (χ1) is 13.7. The largest absolute Gasteiger partial charge is 0.504 e. The fourth-order valence-corrected chi connectivity index (χ4v) is 5.77. The Bertz CT molecular complexity index is 829. The molecule has 3 rings (SSSR count). The number of carbonyl (C=O) groups excluding carboxylic acids is 2. The third-order valence-corrected chi connectivity index (χ3v) is 7.72. The highest BCUT2D eigenvalue weighted by molar-refractivity contribution is 5.90. The number of aldehydes is 1. The van der Waals surface area contributed by atoms with Crippen molar-refractivity contribution in [3.63, 3.8) is 0 Å². The number of esters is 1. The molecule has 0 heterocycles. The number of fused-ring (bicyclic) bond motifs is 1. The lowest BCUT2D eigenvalue weighted by molar-refractivity contribution is -0.134. The second kappa shape index (κ2) is 7.85. The second-order valence-electron chi connectivity index (χ2n) is 8.99. The highest BCUT2D eigenvalue weighted by atomic mass is 16.5. The number of carbonyl (C=O) groups is 2. The summed E-state index contributed by atoms with van der Waals surface area (Å²) in [5.74, 6) is 0.0110. The van der Waals surface area contributed by atoms with E-state index in [-0.39, 0.29) is 28.7 Å². The van der Waals surface area contributed by atoms with Crippen LogP contribution in [0.25, 0.3) is 0 Å². The Kier molecular flexibility index (Phi) is 5.79. The molecule has 0 spiro atoms. The van der Waals surface area contributed by atoms with E-state index in [4.69, 9.17) is 9.47 Å². The molecule has 2 aliphatic carbocycles. The predicted molar refractivity (Wildman–Crippen MR) is 111 cm³/mol. The van der Waals surface area contributed by atoms with E-state index >= 15 is 0 Å². The number of ether oxygens (including phenoxy) is 2. The summed E-state index contributed by atoms with van der Waals surface area (Å²) in [6.07, 6.45) is 6.43. The summed E-state index contributed by atoms with van der Waals surface area (Å²) in [6.45, 7) is 8.72. The van der Waals surface area contributed by atoms with Crippen LogP contribution in [0.4, 0.5) is 0 Å². The Morgan fingerprint density at radius 2 is 2.07 bits per heavy atom. The summed E-state index contributed by atoms with van der Waals surface area (Å²) in [5, 5.41) is 10.8. The maximum Gasteiger partial charge on any atom is 0.337 e. The molecule has 2 aliphatic rings. The summed E-state index contributed by atoms with van der Waals surface area (Å²) >= 11 is 0. The zero-order valence-corrected chi connectivity index (χ0v) is 17.9. The van der Waals surface area contributed by atoms with Gasteiger partial charge < -0.3 is 19.4 Å². The molecule has 5 heteroatoms. The average molecular weight is 401 g/mol. The van der Waals surface area contributed by atoms with Crippen LogP contribution >= 0.6 is 0 Å². The lowest BCUT2D eigenvalue weighted by Crippen LogP contribution is -2.53. The quantitative estimate of drug-likeness (QED) is 0.440. The van der Waals surface area contributed by atoms with Crippen molar-refractivity contribution >= 4 is 12.3 Å². The van der Waals surface area contributed by atoms with E-state index in [1.54, 1.807) is 6.07 Å². The minimum atomic E-state index is -0.631. The first kappa shape index (κ1) is 21.4. The van der Waals surface area contributed by atoms with Gasteiger partial charge in [-0.05, 0) is 73.5 Å². The topological polar surface area (TPSA) is 72.8 Å². The number of phenolic OH excluding ortho intramolecular Hbond substituents is 1. The van der Waals surface area contributed by atoms with Gasteiger partial charge in [0.2, 0.25) is 0 Å². The van der Waals surface area contributed by atoms with Crippen LogP contribution in [0, 0.1) is 22.7 Å². The van der Waals surface area contributed by atoms with E-state index in [0.29, 0.717) is 17.5 Å². The van der Waals surface area contributed by atoms with Crippen molar-refractivity contribution in [2.45, 2.75) is 52.4 Å². The van der Waals surface area contributed by atoms with Crippen LogP contribution in [0.15, 0.2) is 24.3 Å². The molecule has 0 aliphatic heterocycles. The van der Waals surface area contributed by atoms with Gasteiger partial charge in [0.25, 0.3) is 0 Å². The molecule has 1 aromatic rings. The van der Waals surface area contributed by atoms with Crippen molar-refractivity contribution in [3.8, 4) is 11.5 Å². The number of benzene rings is 1. The van der Waals surface area contributed by atoms with Crippen LogP contribution < -0.4 is 4.74 Å². The third-order valence-electron chi connectivity index (χ3n) is 7.72. The molecule has 5 nitrogen and oxygen atoms in total. The minimum Gasteiger partial charge on any atom is -0.504 e. The van der Waals surface area contributed by atoms with Gasteiger partial charge in [-0.1, -0.05) is 26.0 Å². The molecule has 0 aromatic heterocycles. The van der Waals surface area contributed by atoms with Crippen molar-refractivity contribution in [2.24, 2.45) is 22.7 Å². The Morgan fingerprint density at radius 1 is 1.34 bits per heavy atom. The first-order valence-corrected chi connectivity index (χ1v) is 10.4. The Hall–Kier alpha value is -2.30. The third kappa shape index (κ3) is 3.34. The van der Waals surface area contributed by atoms with Crippen molar-refractivity contribution in [3.05, 3.63) is 35.4 Å². The summed E-state index contributed by atoms with van der Waals surface area (Å²) in [7, 11) is 2.76. The molecule has 29 heavy (non-hydrogen) atoms. The molecule has 158 valence electrons. The number of methoxy groups -OCH3 is 2. The van der Waals surface area contributed by atoms with Gasteiger partial charge in [-0.15, -0.1) is 0 Å². The number of aromatic hydroxyl groups is 1. The smallest absolute Gasteiger partial charge is 0.337 e. The van der Waals surface area contributed by atoms with E-state index in [1.807, 2.05) is 0 Å². The fourth-order valence-electron chi connectivity index (χ4n) is 5.77. The van der Waals surface area contributed by atoms with Crippen LogP contribution in [0.1, 0.15) is 61.9 Å². The van der Waals surface area contributed by atoms with Crippen molar-refractivity contribution in [1.29, 1.82) is 0 Å². The fraction of sp³-hybridized carbons (Fsp3) is 0.583. The Labute approximate surface area is 173 Å². The number of hydrogen-bond donors (Lipinski definition) is 1. The number of phenols is 1. The molecule has 4 atom stereocenters. The van der Waals surface area contributed by atoms with Crippen LogP contribution in [0.3, 0.4) is 0 Å². The van der Waals surface area contributed by atoms with Crippen molar-refractivity contribution < 1.29 is 24.2 Å². The molecular weight excluding hydrogens is 368 g/mol. The van der Waals surface area contributed by atoms with E-state index in [2.05, 4.69) is 20.4 Å². The normalized spacial score (nSPS) is 31.7. The minimum absolute atomic E-state index is 0.0181. The van der Waals surface area contributed by atoms with Gasteiger partial charge in [0, 0.05) is 5.41 Å². The van der Waals surface area contributed by atoms with Gasteiger partial charge >= 0.3 is 5.97 Å². The van der Waals surface area contributed by atoms with Crippen LogP contribution in [-0.2, 0) is 16.0 Å². The molecule has 0 saturated heterocycles. The molecule has 4 unspecified atom stereocenters. The number of allylic oxidation sites excluding steroid dienone is 1. The molecule has 2 fully saturated rings. The van der Waals surface area contributed by atoms with E-state index < -0.39 is 11.4 Å². The van der Waals surface area contributed by atoms with Gasteiger partial charge in [-0.2, -0.15) is 0 Å². The Morgan fingerprint density at radius 3 is 2.69 bits per heavy atom. The first-order valence-electron chi connectivity index (χ1n) is 10.4. The van der Waals surface area contributed by atoms with Crippen LogP contribution in [0.2, 0.25) is 0 Å². The van der Waals surface area contributed by atoms with Gasteiger partial charge in [-0.3, -0.25) is 0 Å². The zero-order chi connectivity index (χ0) is 21.4. The summed E-state index contributed by atoms with van der Waals surface area (Å²) < 4.78 is 10.1. The number of rotatable bonds is 5. The SMILES string of the molecule is C=C1CCCC2C1(C)CCC(C)C2(C=O)Cc1cc(C(=O)OC)cc(OC)c1O. The summed E-state index contributed by atoms with van der Waals surface area (Å²) in [4.78, 5) is 24.8. The molecule has 1 N–H and O–H groups in total. The lowest BCUT2D eigenvalue weighted by Gasteiger charge is -2.57. The molecule has 0 amide bonds. The molecule has 1 aromatic carbocycles. The van der Waals surface area contributed by atoms with E-state index in [0.717, 1.165) is 38.4 Å². The Balaban J connectivity index is 2.11. The van der Waals surface area contributed by atoms with Gasteiger partial charge in [0.15, 0.2) is 11.5 Å². The lowest BCUT2D eigenvalue weighted by atomic mass is 9.46. The van der Waals surface area contributed by atoms with Gasteiger partial charge in [-0.25, -0.2) is 4.79 Å². The maximum atomic E-state index is 12.7. The highest BCUT2D eigenvalue weighted by Gasteiger charge is 2.56. The molecule has 0 bridgehead atoms. The predicted octanol–water partition coefficient (Wildman–Crippen LogP) is 4.71. The van der Waals surface area contributed by atoms with Crippen molar-refractivity contribution in [1.82, 2.24) is 0 Å². The zero-order valence-electron chi connectivity index (χ0n) is 17.9. The van der Waals surface area contributed by atoms with Crippen LogP contribution in [0.5, 0.6) is 11.5 Å². The van der Waals surface area contributed by atoms with E-state index in [1.165, 1.54) is 25.9 Å². The molecular formula is C24H32O5. The van der Waals surface area contributed by atoms with Crippen LogP contribution in [-0.4, -0.2) is 31.6 Å². The van der Waals surface area contributed by atoms with Crippen molar-refractivity contribution in [2.75, 3.05) is 14.2 Å². The van der Waals surface area contributed by atoms with E-state index in [9.17, 15) is 14.7 Å². The number of hydrogen-bond acceptors (Lipinski definition) is 5. The van der Waals surface area contributed by atoms with Gasteiger partial charge in [0.05, 0.1) is 19.8 Å². The highest BCUT2D eigenvalue weighted by Crippen LogP contribution is 2.62. The monoisotopic (exact) mass is 400 g/mol. The average Bonchev–Trinajstić information content (AvgIpc) is 2.72. The summed E-state index contributed by atoms with van der Waals surface area (Å²) in [6, 6.07) is 3.10. The molecule has 2 saturated carbocycles. The summed E-state index contributed by atoms with van der Waals surface area (Å²) in [5.41, 5.74) is 1.37. The van der Waals surface area contributed by atoms with Gasteiger partial charge in [0.1, 0.15) is 6.29 Å². The second-order valence-corrected chi connectivity index (χ2v) is 8.99.